The lowest BCUT2D eigenvalue weighted by molar-refractivity contribution is 0.235. The van der Waals surface area contributed by atoms with Gasteiger partial charge in [-0.3, -0.25) is 4.90 Å². The fourth-order valence-electron chi connectivity index (χ4n) is 2.55. The molecule has 1 heterocycles. The number of hydrogen-bond acceptors (Lipinski definition) is 3. The summed E-state index contributed by atoms with van der Waals surface area (Å²) in [7, 11) is 0. The number of phenols is 1. The fourth-order valence-corrected chi connectivity index (χ4v) is 2.55. The van der Waals surface area contributed by atoms with Gasteiger partial charge in [-0.1, -0.05) is 13.8 Å². The quantitative estimate of drug-likeness (QED) is 0.884. The van der Waals surface area contributed by atoms with E-state index in [9.17, 15) is 5.11 Å². The maximum Gasteiger partial charge on any atom is 0.123 e. The van der Waals surface area contributed by atoms with Gasteiger partial charge >= 0.3 is 0 Å². The molecule has 1 aliphatic rings. The normalized spacial score (nSPS) is 16.2. The Balaban J connectivity index is 1.99. The maximum absolute atomic E-state index is 9.81. The number of aromatic hydroxyl groups is 1. The largest absolute Gasteiger partial charge is 0.508 e. The number of benzene rings is 1. The van der Waals surface area contributed by atoms with Gasteiger partial charge < -0.3 is 9.84 Å². The SMILES string of the molecule is Cc1cc(OCCN2CCCC2)c(C(C)C)cc1O. The number of hydrogen-bond donors (Lipinski definition) is 1. The summed E-state index contributed by atoms with van der Waals surface area (Å²) in [6.45, 7) is 10.3. The molecule has 0 radical (unpaired) electrons. The molecule has 1 aromatic rings. The Kier molecular flexibility index (Phi) is 4.70. The van der Waals surface area contributed by atoms with Gasteiger partial charge in [0, 0.05) is 12.1 Å². The first kappa shape index (κ1) is 14.2. The molecule has 1 aliphatic heterocycles. The number of likely N-dealkylation sites (tertiary alicyclic amines) is 1. The van der Waals surface area contributed by atoms with Crippen molar-refractivity contribution in [3.63, 3.8) is 0 Å². The molecule has 0 aromatic heterocycles. The zero-order chi connectivity index (χ0) is 13.8. The van der Waals surface area contributed by atoms with Gasteiger partial charge in [-0.05, 0) is 56.5 Å². The number of rotatable bonds is 5. The van der Waals surface area contributed by atoms with Gasteiger partial charge in [0.05, 0.1) is 0 Å². The topological polar surface area (TPSA) is 32.7 Å². The summed E-state index contributed by atoms with van der Waals surface area (Å²) in [5, 5.41) is 9.81. The molecule has 0 saturated carbocycles. The van der Waals surface area contributed by atoms with E-state index in [0.29, 0.717) is 11.7 Å². The first-order valence-corrected chi connectivity index (χ1v) is 7.26. The van der Waals surface area contributed by atoms with Gasteiger partial charge in [0.1, 0.15) is 18.1 Å². The molecule has 0 unspecified atom stereocenters. The molecule has 0 spiro atoms. The molecule has 0 amide bonds. The number of ether oxygens (including phenoxy) is 1. The van der Waals surface area contributed by atoms with Crippen LogP contribution in [0.1, 0.15) is 43.7 Å². The summed E-state index contributed by atoms with van der Waals surface area (Å²) < 4.78 is 5.94. The smallest absolute Gasteiger partial charge is 0.123 e. The second-order valence-electron chi connectivity index (χ2n) is 5.73. The third kappa shape index (κ3) is 3.63. The van der Waals surface area contributed by atoms with Crippen molar-refractivity contribution < 1.29 is 9.84 Å². The van der Waals surface area contributed by atoms with Crippen LogP contribution in [0.15, 0.2) is 12.1 Å². The summed E-state index contributed by atoms with van der Waals surface area (Å²) in [5.41, 5.74) is 1.96. The lowest BCUT2D eigenvalue weighted by Crippen LogP contribution is -2.25. The summed E-state index contributed by atoms with van der Waals surface area (Å²) in [5.74, 6) is 1.63. The zero-order valence-electron chi connectivity index (χ0n) is 12.3. The molecular formula is C16H25NO2. The molecule has 3 heteroatoms. The van der Waals surface area contributed by atoms with Gasteiger partial charge in [-0.15, -0.1) is 0 Å². The van der Waals surface area contributed by atoms with E-state index in [1.165, 1.54) is 25.9 Å². The van der Waals surface area contributed by atoms with Crippen LogP contribution in [-0.2, 0) is 0 Å². The molecular weight excluding hydrogens is 238 g/mol. The standard InChI is InChI=1S/C16H25NO2/c1-12(2)14-11-15(18)13(3)10-16(14)19-9-8-17-6-4-5-7-17/h10-12,18H,4-9H2,1-3H3. The van der Waals surface area contributed by atoms with Crippen LogP contribution >= 0.6 is 0 Å². The maximum atomic E-state index is 9.81. The minimum Gasteiger partial charge on any atom is -0.508 e. The molecule has 1 fully saturated rings. The van der Waals surface area contributed by atoms with Gasteiger partial charge in [-0.25, -0.2) is 0 Å². The van der Waals surface area contributed by atoms with Crippen LogP contribution in [0.4, 0.5) is 0 Å². The third-order valence-electron chi connectivity index (χ3n) is 3.81. The molecule has 0 bridgehead atoms. The van der Waals surface area contributed by atoms with E-state index in [-0.39, 0.29) is 0 Å². The van der Waals surface area contributed by atoms with Crippen LogP contribution in [-0.4, -0.2) is 36.2 Å². The van der Waals surface area contributed by atoms with Crippen molar-refractivity contribution in [2.75, 3.05) is 26.2 Å². The average molecular weight is 263 g/mol. The first-order chi connectivity index (χ1) is 9.08. The van der Waals surface area contributed by atoms with Crippen LogP contribution in [0.5, 0.6) is 11.5 Å². The van der Waals surface area contributed by atoms with Crippen molar-refractivity contribution in [2.45, 2.75) is 39.5 Å². The van der Waals surface area contributed by atoms with Gasteiger partial charge in [-0.2, -0.15) is 0 Å². The van der Waals surface area contributed by atoms with Crippen LogP contribution < -0.4 is 4.74 Å². The van der Waals surface area contributed by atoms with E-state index in [1.54, 1.807) is 0 Å². The van der Waals surface area contributed by atoms with Gasteiger partial charge in [0.2, 0.25) is 0 Å². The van der Waals surface area contributed by atoms with E-state index >= 15 is 0 Å². The van der Waals surface area contributed by atoms with E-state index in [4.69, 9.17) is 4.74 Å². The molecule has 106 valence electrons. The van der Waals surface area contributed by atoms with Crippen molar-refractivity contribution in [3.05, 3.63) is 23.3 Å². The van der Waals surface area contributed by atoms with Crippen LogP contribution in [0.3, 0.4) is 0 Å². The average Bonchev–Trinajstić information content (AvgIpc) is 2.86. The van der Waals surface area contributed by atoms with E-state index < -0.39 is 0 Å². The minimum absolute atomic E-state index is 0.355. The van der Waals surface area contributed by atoms with E-state index in [2.05, 4.69) is 18.7 Å². The Morgan fingerprint density at radius 2 is 1.95 bits per heavy atom. The highest BCUT2D eigenvalue weighted by Gasteiger charge is 2.14. The fraction of sp³-hybridized carbons (Fsp3) is 0.625. The molecule has 2 rings (SSSR count). The van der Waals surface area contributed by atoms with Gasteiger partial charge in [0.25, 0.3) is 0 Å². The van der Waals surface area contributed by atoms with Crippen molar-refractivity contribution in [3.8, 4) is 11.5 Å². The minimum atomic E-state index is 0.355. The summed E-state index contributed by atoms with van der Waals surface area (Å²) in [4.78, 5) is 2.45. The second-order valence-corrected chi connectivity index (χ2v) is 5.73. The summed E-state index contributed by atoms with van der Waals surface area (Å²) in [6.07, 6.45) is 2.63. The molecule has 1 saturated heterocycles. The monoisotopic (exact) mass is 263 g/mol. The Bertz CT molecular complexity index is 423. The predicted octanol–water partition coefficient (Wildman–Crippen LogP) is 3.30. The Morgan fingerprint density at radius 1 is 1.26 bits per heavy atom. The molecule has 0 aliphatic carbocycles. The second kappa shape index (κ2) is 6.29. The van der Waals surface area contributed by atoms with Crippen LogP contribution in [0, 0.1) is 6.92 Å². The first-order valence-electron chi connectivity index (χ1n) is 7.26. The van der Waals surface area contributed by atoms with Crippen molar-refractivity contribution >= 4 is 0 Å². The Labute approximate surface area is 116 Å². The van der Waals surface area contributed by atoms with E-state index in [1.807, 2.05) is 19.1 Å². The van der Waals surface area contributed by atoms with Crippen LogP contribution in [0.2, 0.25) is 0 Å². The summed E-state index contributed by atoms with van der Waals surface area (Å²) >= 11 is 0. The zero-order valence-corrected chi connectivity index (χ0v) is 12.3. The summed E-state index contributed by atoms with van der Waals surface area (Å²) in [6, 6.07) is 3.79. The highest BCUT2D eigenvalue weighted by molar-refractivity contribution is 5.46. The molecule has 0 atom stereocenters. The van der Waals surface area contributed by atoms with Crippen molar-refractivity contribution in [1.82, 2.24) is 4.90 Å². The number of nitrogens with zero attached hydrogens (tertiary/aromatic N) is 1. The lowest BCUT2D eigenvalue weighted by Gasteiger charge is -2.18. The molecule has 1 N–H and O–H groups in total. The molecule has 19 heavy (non-hydrogen) atoms. The number of aryl methyl sites for hydroxylation is 1. The van der Waals surface area contributed by atoms with Gasteiger partial charge in [0.15, 0.2) is 0 Å². The highest BCUT2D eigenvalue weighted by atomic mass is 16.5. The molecule has 3 nitrogen and oxygen atoms in total. The lowest BCUT2D eigenvalue weighted by atomic mass is 10.00. The van der Waals surface area contributed by atoms with E-state index in [0.717, 1.165) is 30.0 Å². The van der Waals surface area contributed by atoms with Crippen molar-refractivity contribution in [1.29, 1.82) is 0 Å². The van der Waals surface area contributed by atoms with Crippen molar-refractivity contribution in [2.24, 2.45) is 0 Å². The molecule has 1 aromatic carbocycles. The number of phenolic OH excluding ortho intramolecular Hbond substituents is 1. The predicted molar refractivity (Wildman–Crippen MR) is 78.1 cm³/mol. The van der Waals surface area contributed by atoms with Crippen LogP contribution in [0.25, 0.3) is 0 Å². The highest BCUT2D eigenvalue weighted by Crippen LogP contribution is 2.32. The Morgan fingerprint density at radius 3 is 2.58 bits per heavy atom. The Hall–Kier alpha value is -1.22. The third-order valence-corrected chi connectivity index (χ3v) is 3.81.